The Morgan fingerprint density at radius 2 is 1.97 bits per heavy atom. The minimum Gasteiger partial charge on any atom is -0.489 e. The molecule has 3 aromatic rings. The van der Waals surface area contributed by atoms with Crippen LogP contribution < -0.4 is 15.0 Å². The SMILES string of the molecule is O=C(Nc1cccc(OCc2cccc(F)c2)c1)C1CCCN(c2ncccn2)C1. The van der Waals surface area contributed by atoms with E-state index in [4.69, 9.17) is 4.74 Å². The molecule has 2 aromatic carbocycles. The average Bonchev–Trinajstić information content (AvgIpc) is 2.79. The van der Waals surface area contributed by atoms with Gasteiger partial charge in [-0.15, -0.1) is 0 Å². The number of anilines is 2. The van der Waals surface area contributed by atoms with E-state index in [9.17, 15) is 9.18 Å². The second kappa shape index (κ2) is 9.35. The number of nitrogens with one attached hydrogen (secondary N) is 1. The van der Waals surface area contributed by atoms with E-state index in [1.165, 1.54) is 12.1 Å². The van der Waals surface area contributed by atoms with Crippen LogP contribution in [0.1, 0.15) is 18.4 Å². The molecule has 0 aliphatic carbocycles. The number of rotatable bonds is 6. The Labute approximate surface area is 174 Å². The molecule has 1 atom stereocenters. The summed E-state index contributed by atoms with van der Waals surface area (Å²) in [5, 5.41) is 2.98. The standard InChI is InChI=1S/C23H23FN4O2/c24-19-7-1-5-17(13-19)16-30-21-9-2-8-20(14-21)27-22(29)18-6-3-12-28(15-18)23-25-10-4-11-26-23/h1-2,4-5,7-11,13-14,18H,3,6,12,15-16H2,(H,27,29). The van der Waals surface area contributed by atoms with E-state index in [1.807, 2.05) is 23.1 Å². The zero-order valence-corrected chi connectivity index (χ0v) is 16.5. The molecule has 0 bridgehead atoms. The number of hydrogen-bond donors (Lipinski definition) is 1. The summed E-state index contributed by atoms with van der Waals surface area (Å²) < 4.78 is 19.0. The number of piperidine rings is 1. The maximum atomic E-state index is 13.3. The van der Waals surface area contributed by atoms with Gasteiger partial charge < -0.3 is 15.0 Å². The van der Waals surface area contributed by atoms with Crippen LogP contribution in [-0.4, -0.2) is 29.0 Å². The lowest BCUT2D eigenvalue weighted by Gasteiger charge is -2.31. The van der Waals surface area contributed by atoms with Crippen LogP contribution in [0.25, 0.3) is 0 Å². The highest BCUT2D eigenvalue weighted by Crippen LogP contribution is 2.23. The van der Waals surface area contributed by atoms with E-state index in [2.05, 4.69) is 15.3 Å². The number of carbonyl (C=O) groups is 1. The first-order valence-electron chi connectivity index (χ1n) is 9.97. The Morgan fingerprint density at radius 3 is 2.80 bits per heavy atom. The molecule has 154 valence electrons. The van der Waals surface area contributed by atoms with Gasteiger partial charge in [0.15, 0.2) is 0 Å². The number of carbonyl (C=O) groups excluding carboxylic acids is 1. The van der Waals surface area contributed by atoms with Gasteiger partial charge in [-0.3, -0.25) is 4.79 Å². The molecule has 1 unspecified atom stereocenters. The van der Waals surface area contributed by atoms with Gasteiger partial charge in [0, 0.05) is 37.2 Å². The fraction of sp³-hybridized carbons (Fsp3) is 0.261. The number of halogens is 1. The van der Waals surface area contributed by atoms with Crippen molar-refractivity contribution in [2.75, 3.05) is 23.3 Å². The van der Waals surface area contributed by atoms with Crippen LogP contribution in [0.5, 0.6) is 5.75 Å². The predicted octanol–water partition coefficient (Wildman–Crippen LogP) is 4.05. The van der Waals surface area contributed by atoms with Gasteiger partial charge in [-0.2, -0.15) is 0 Å². The number of benzene rings is 2. The fourth-order valence-corrected chi connectivity index (χ4v) is 3.53. The molecule has 1 saturated heterocycles. The van der Waals surface area contributed by atoms with Crippen molar-refractivity contribution in [3.05, 3.63) is 78.4 Å². The van der Waals surface area contributed by atoms with Gasteiger partial charge in [0.25, 0.3) is 0 Å². The normalized spacial score (nSPS) is 16.2. The van der Waals surface area contributed by atoms with E-state index in [1.54, 1.807) is 36.7 Å². The molecule has 2 heterocycles. The summed E-state index contributed by atoms with van der Waals surface area (Å²) in [7, 11) is 0. The lowest BCUT2D eigenvalue weighted by atomic mass is 9.97. The van der Waals surface area contributed by atoms with Crippen LogP contribution in [0.4, 0.5) is 16.0 Å². The number of nitrogens with zero attached hydrogens (tertiary/aromatic N) is 3. The maximum Gasteiger partial charge on any atom is 0.229 e. The molecule has 30 heavy (non-hydrogen) atoms. The van der Waals surface area contributed by atoms with Crippen molar-refractivity contribution in [1.82, 2.24) is 9.97 Å². The highest BCUT2D eigenvalue weighted by Gasteiger charge is 2.27. The summed E-state index contributed by atoms with van der Waals surface area (Å²) >= 11 is 0. The number of amides is 1. The highest BCUT2D eigenvalue weighted by atomic mass is 19.1. The molecule has 4 rings (SSSR count). The lowest BCUT2D eigenvalue weighted by Crippen LogP contribution is -2.41. The lowest BCUT2D eigenvalue weighted by molar-refractivity contribution is -0.120. The second-order valence-electron chi connectivity index (χ2n) is 7.27. The Balaban J connectivity index is 1.35. The molecule has 0 radical (unpaired) electrons. The average molecular weight is 406 g/mol. The Morgan fingerprint density at radius 1 is 1.13 bits per heavy atom. The molecule has 0 saturated carbocycles. The van der Waals surface area contributed by atoms with Crippen LogP contribution in [0, 0.1) is 11.7 Å². The zero-order chi connectivity index (χ0) is 20.8. The van der Waals surface area contributed by atoms with E-state index in [0.717, 1.165) is 24.9 Å². The molecular formula is C23H23FN4O2. The Bertz CT molecular complexity index is 999. The van der Waals surface area contributed by atoms with Crippen molar-refractivity contribution >= 4 is 17.5 Å². The summed E-state index contributed by atoms with van der Waals surface area (Å²) in [5.41, 5.74) is 1.42. The van der Waals surface area contributed by atoms with Crippen LogP contribution in [0.2, 0.25) is 0 Å². The minimum absolute atomic E-state index is 0.0297. The van der Waals surface area contributed by atoms with Crippen molar-refractivity contribution < 1.29 is 13.9 Å². The summed E-state index contributed by atoms with van der Waals surface area (Å²) in [4.78, 5) is 23.4. The summed E-state index contributed by atoms with van der Waals surface area (Å²) in [5.74, 6) is 0.805. The molecule has 1 fully saturated rings. The third-order valence-corrected chi connectivity index (χ3v) is 5.02. The Hall–Kier alpha value is -3.48. The predicted molar refractivity (Wildman–Crippen MR) is 113 cm³/mol. The van der Waals surface area contributed by atoms with E-state index in [0.29, 0.717) is 23.9 Å². The van der Waals surface area contributed by atoms with Crippen molar-refractivity contribution in [2.45, 2.75) is 19.4 Å². The zero-order valence-electron chi connectivity index (χ0n) is 16.5. The molecule has 1 N–H and O–H groups in total. The number of aromatic nitrogens is 2. The van der Waals surface area contributed by atoms with Crippen LogP contribution in [0.15, 0.2) is 67.0 Å². The first kappa shape index (κ1) is 19.8. The van der Waals surface area contributed by atoms with Crippen LogP contribution >= 0.6 is 0 Å². The molecular weight excluding hydrogens is 383 g/mol. The summed E-state index contributed by atoms with van der Waals surface area (Å²) in [6.45, 7) is 1.69. The van der Waals surface area contributed by atoms with Gasteiger partial charge in [-0.25, -0.2) is 14.4 Å². The monoisotopic (exact) mass is 406 g/mol. The van der Waals surface area contributed by atoms with Crippen molar-refractivity contribution in [1.29, 1.82) is 0 Å². The molecule has 1 aliphatic rings. The molecule has 1 aliphatic heterocycles. The fourth-order valence-electron chi connectivity index (χ4n) is 3.53. The van der Waals surface area contributed by atoms with Crippen molar-refractivity contribution in [2.24, 2.45) is 5.92 Å². The number of ether oxygens (including phenoxy) is 1. The van der Waals surface area contributed by atoms with Crippen LogP contribution in [-0.2, 0) is 11.4 Å². The van der Waals surface area contributed by atoms with Gasteiger partial charge in [0.05, 0.1) is 5.92 Å². The first-order chi connectivity index (χ1) is 14.7. The topological polar surface area (TPSA) is 67.3 Å². The van der Waals surface area contributed by atoms with Crippen molar-refractivity contribution in [3.63, 3.8) is 0 Å². The maximum absolute atomic E-state index is 13.3. The van der Waals surface area contributed by atoms with Gasteiger partial charge in [0.2, 0.25) is 11.9 Å². The summed E-state index contributed by atoms with van der Waals surface area (Å²) in [6, 6.07) is 15.3. The molecule has 1 amide bonds. The van der Waals surface area contributed by atoms with E-state index < -0.39 is 0 Å². The van der Waals surface area contributed by atoms with E-state index >= 15 is 0 Å². The highest BCUT2D eigenvalue weighted by molar-refractivity contribution is 5.93. The second-order valence-corrected chi connectivity index (χ2v) is 7.27. The quantitative estimate of drug-likeness (QED) is 0.669. The van der Waals surface area contributed by atoms with Crippen LogP contribution in [0.3, 0.4) is 0 Å². The molecule has 0 spiro atoms. The van der Waals surface area contributed by atoms with E-state index in [-0.39, 0.29) is 24.2 Å². The van der Waals surface area contributed by atoms with Gasteiger partial charge >= 0.3 is 0 Å². The number of hydrogen-bond acceptors (Lipinski definition) is 5. The minimum atomic E-state index is -0.292. The van der Waals surface area contributed by atoms with Gasteiger partial charge in [0.1, 0.15) is 18.2 Å². The Kier molecular flexibility index (Phi) is 6.17. The molecule has 1 aromatic heterocycles. The molecule has 6 nitrogen and oxygen atoms in total. The smallest absolute Gasteiger partial charge is 0.229 e. The van der Waals surface area contributed by atoms with Gasteiger partial charge in [-0.05, 0) is 48.7 Å². The largest absolute Gasteiger partial charge is 0.489 e. The van der Waals surface area contributed by atoms with Crippen molar-refractivity contribution in [3.8, 4) is 5.75 Å². The van der Waals surface area contributed by atoms with Gasteiger partial charge in [-0.1, -0.05) is 18.2 Å². The summed E-state index contributed by atoms with van der Waals surface area (Å²) in [6.07, 6.45) is 5.15. The first-order valence-corrected chi connectivity index (χ1v) is 9.97. The third-order valence-electron chi connectivity index (χ3n) is 5.02. The third kappa shape index (κ3) is 5.11. The molecule has 7 heteroatoms.